The molecule has 1 aliphatic heterocycles. The van der Waals surface area contributed by atoms with Crippen molar-refractivity contribution in [2.45, 2.75) is 25.3 Å². The Kier molecular flexibility index (Phi) is 7.13. The van der Waals surface area contributed by atoms with Crippen LogP contribution in [-0.4, -0.2) is 44.1 Å². The number of hydrogen-bond acceptors (Lipinski definition) is 7. The van der Waals surface area contributed by atoms with Crippen LogP contribution in [0.15, 0.2) is 48.7 Å². The van der Waals surface area contributed by atoms with E-state index in [1.807, 2.05) is 6.07 Å². The van der Waals surface area contributed by atoms with Gasteiger partial charge in [0, 0.05) is 40.2 Å². The van der Waals surface area contributed by atoms with Crippen LogP contribution in [0, 0.1) is 0 Å². The molecule has 11 heteroatoms. The van der Waals surface area contributed by atoms with Crippen molar-refractivity contribution in [2.75, 3.05) is 18.8 Å². The van der Waals surface area contributed by atoms with Crippen molar-refractivity contribution < 1.29 is 4.79 Å². The van der Waals surface area contributed by atoms with Gasteiger partial charge in [0.2, 0.25) is 5.82 Å². The maximum absolute atomic E-state index is 12.8. The highest BCUT2D eigenvalue weighted by Crippen LogP contribution is 2.27. The van der Waals surface area contributed by atoms with Crippen LogP contribution in [0.1, 0.15) is 40.5 Å². The largest absolute Gasteiger partial charge is 0.382 e. The molecule has 0 radical (unpaired) electrons. The van der Waals surface area contributed by atoms with Gasteiger partial charge in [-0.1, -0.05) is 41.4 Å². The van der Waals surface area contributed by atoms with E-state index in [9.17, 15) is 4.79 Å². The summed E-state index contributed by atoms with van der Waals surface area (Å²) in [6, 6.07) is 12.3. The second-order valence-electron chi connectivity index (χ2n) is 8.58. The number of H-pyrrole nitrogens is 1. The van der Waals surface area contributed by atoms with Gasteiger partial charge in [-0.05, 0) is 49.2 Å². The van der Waals surface area contributed by atoms with E-state index in [0.29, 0.717) is 38.4 Å². The molecule has 0 saturated carbocycles. The summed E-state index contributed by atoms with van der Waals surface area (Å²) in [6.07, 6.45) is 3.71. The number of halogens is 2. The van der Waals surface area contributed by atoms with E-state index in [4.69, 9.17) is 28.9 Å². The molecule has 1 saturated heterocycles. The predicted molar refractivity (Wildman–Crippen MR) is 140 cm³/mol. The van der Waals surface area contributed by atoms with Crippen LogP contribution in [0.3, 0.4) is 0 Å². The fourth-order valence-electron chi connectivity index (χ4n) is 4.11. The second kappa shape index (κ2) is 10.6. The van der Waals surface area contributed by atoms with Crippen molar-refractivity contribution in [1.29, 1.82) is 0 Å². The molecule has 0 bridgehead atoms. The zero-order valence-electron chi connectivity index (χ0n) is 19.3. The van der Waals surface area contributed by atoms with E-state index in [2.05, 4.69) is 35.8 Å². The van der Waals surface area contributed by atoms with Crippen molar-refractivity contribution in [3.05, 3.63) is 75.7 Å². The van der Waals surface area contributed by atoms with E-state index in [-0.39, 0.29) is 24.2 Å². The first-order chi connectivity index (χ1) is 17.5. The van der Waals surface area contributed by atoms with E-state index >= 15 is 0 Å². The van der Waals surface area contributed by atoms with Crippen molar-refractivity contribution in [3.63, 3.8) is 0 Å². The van der Waals surface area contributed by atoms with Crippen molar-refractivity contribution >= 4 is 34.9 Å². The van der Waals surface area contributed by atoms with E-state index in [1.54, 1.807) is 42.6 Å². The smallest absolute Gasteiger partial charge is 0.251 e. The van der Waals surface area contributed by atoms with Gasteiger partial charge in [-0.15, -0.1) is 0 Å². The lowest BCUT2D eigenvalue weighted by Crippen LogP contribution is -2.28. The third-order valence-electron chi connectivity index (χ3n) is 6.07. The Bertz CT molecular complexity index is 1400. The lowest BCUT2D eigenvalue weighted by molar-refractivity contribution is 0.0951. The fraction of sp³-hybridized carbons (Fsp3) is 0.240. The van der Waals surface area contributed by atoms with Gasteiger partial charge in [0.05, 0.1) is 11.9 Å². The minimum atomic E-state index is -0.244. The molecule has 9 nitrogen and oxygen atoms in total. The highest BCUT2D eigenvalue weighted by molar-refractivity contribution is 6.35. The summed E-state index contributed by atoms with van der Waals surface area (Å²) >= 11 is 12.2. The maximum atomic E-state index is 12.8. The Morgan fingerprint density at radius 1 is 1.17 bits per heavy atom. The van der Waals surface area contributed by atoms with Gasteiger partial charge in [-0.3, -0.25) is 9.89 Å². The number of carbonyl (C=O) groups is 1. The molecule has 5 rings (SSSR count). The van der Waals surface area contributed by atoms with Crippen LogP contribution < -0.4 is 16.4 Å². The average molecular weight is 523 g/mol. The quantitative estimate of drug-likeness (QED) is 0.297. The number of carbonyl (C=O) groups excluding carboxylic acids is 1. The summed E-state index contributed by atoms with van der Waals surface area (Å²) < 4.78 is 0. The molecule has 4 aromatic rings. The number of piperidine rings is 1. The summed E-state index contributed by atoms with van der Waals surface area (Å²) in [5.74, 6) is 1.47. The van der Waals surface area contributed by atoms with Crippen LogP contribution in [0.4, 0.5) is 5.82 Å². The lowest BCUT2D eigenvalue weighted by Gasteiger charge is -2.20. The number of anilines is 1. The zero-order valence-corrected chi connectivity index (χ0v) is 20.8. The van der Waals surface area contributed by atoms with Crippen LogP contribution in [0.25, 0.3) is 22.8 Å². The molecule has 1 atom stereocenters. The Morgan fingerprint density at radius 3 is 2.86 bits per heavy atom. The number of nitrogens with zero attached hydrogens (tertiary/aromatic N) is 4. The predicted octanol–water partition coefficient (Wildman–Crippen LogP) is 4.21. The third-order valence-corrected chi connectivity index (χ3v) is 6.66. The molecule has 0 unspecified atom stereocenters. The molecule has 0 spiro atoms. The summed E-state index contributed by atoms with van der Waals surface area (Å²) in [6.45, 7) is 2.15. The first kappa shape index (κ1) is 24.2. The summed E-state index contributed by atoms with van der Waals surface area (Å²) in [5, 5.41) is 14.7. The third kappa shape index (κ3) is 5.33. The Balaban J connectivity index is 1.35. The number of hydrogen-bond donors (Lipinski definition) is 4. The first-order valence-corrected chi connectivity index (χ1v) is 12.3. The molecule has 0 aliphatic carbocycles. The number of aromatic amines is 1. The number of nitrogens with two attached hydrogens (primary N) is 1. The topological polar surface area (TPSA) is 134 Å². The summed E-state index contributed by atoms with van der Waals surface area (Å²) in [7, 11) is 0. The van der Waals surface area contributed by atoms with Crippen LogP contribution in [0.2, 0.25) is 10.0 Å². The number of amides is 1. The van der Waals surface area contributed by atoms with E-state index in [0.717, 1.165) is 37.3 Å². The van der Waals surface area contributed by atoms with Crippen LogP contribution in [-0.2, 0) is 6.54 Å². The SMILES string of the molecule is Nc1ncc(-c2cccc(C(=O)NCc3ccc(Cl)cc3Cl)c2)nc1-c1n[nH]c([C@H]2CCCNC2)n1. The van der Waals surface area contributed by atoms with Crippen molar-refractivity contribution in [1.82, 2.24) is 35.8 Å². The van der Waals surface area contributed by atoms with E-state index < -0.39 is 0 Å². The minimum Gasteiger partial charge on any atom is -0.382 e. The maximum Gasteiger partial charge on any atom is 0.251 e. The monoisotopic (exact) mass is 522 g/mol. The first-order valence-electron chi connectivity index (χ1n) is 11.6. The molecule has 2 aromatic heterocycles. The van der Waals surface area contributed by atoms with Crippen LogP contribution in [0.5, 0.6) is 0 Å². The van der Waals surface area contributed by atoms with Crippen LogP contribution >= 0.6 is 23.2 Å². The molecular formula is C25H24Cl2N8O. The van der Waals surface area contributed by atoms with Gasteiger partial charge in [0.15, 0.2) is 11.5 Å². The molecule has 36 heavy (non-hydrogen) atoms. The van der Waals surface area contributed by atoms with Gasteiger partial charge in [0.25, 0.3) is 5.91 Å². The Labute approximate surface area is 217 Å². The Morgan fingerprint density at radius 2 is 2.06 bits per heavy atom. The number of nitrogen functional groups attached to an aromatic ring is 1. The zero-order chi connectivity index (χ0) is 25.1. The normalized spacial score (nSPS) is 15.6. The molecule has 1 aliphatic rings. The van der Waals surface area contributed by atoms with E-state index in [1.165, 1.54) is 0 Å². The van der Waals surface area contributed by atoms with Crippen molar-refractivity contribution in [3.8, 4) is 22.8 Å². The number of rotatable bonds is 6. The molecule has 2 aromatic carbocycles. The summed E-state index contributed by atoms with van der Waals surface area (Å²) in [4.78, 5) is 26.4. The molecule has 3 heterocycles. The minimum absolute atomic E-state index is 0.236. The van der Waals surface area contributed by atoms with Gasteiger partial charge in [-0.25, -0.2) is 15.0 Å². The molecule has 184 valence electrons. The van der Waals surface area contributed by atoms with Gasteiger partial charge in [0.1, 0.15) is 5.82 Å². The fourth-order valence-corrected chi connectivity index (χ4v) is 4.59. The average Bonchev–Trinajstić information content (AvgIpc) is 3.39. The lowest BCUT2D eigenvalue weighted by atomic mass is 9.99. The molecule has 1 fully saturated rings. The van der Waals surface area contributed by atoms with Gasteiger partial charge >= 0.3 is 0 Å². The highest BCUT2D eigenvalue weighted by atomic mass is 35.5. The van der Waals surface area contributed by atoms with Crippen molar-refractivity contribution in [2.24, 2.45) is 0 Å². The second-order valence-corrected chi connectivity index (χ2v) is 9.42. The van der Waals surface area contributed by atoms with Gasteiger partial charge in [-0.2, -0.15) is 5.10 Å². The number of benzene rings is 2. The molecular weight excluding hydrogens is 499 g/mol. The Hall–Kier alpha value is -3.53. The van der Waals surface area contributed by atoms with Gasteiger partial charge < -0.3 is 16.4 Å². The molecule has 5 N–H and O–H groups in total. The molecule has 1 amide bonds. The standard InChI is InChI=1S/C25H24Cl2N8O/c26-18-7-6-16(19(27)10-18)12-31-25(36)15-4-1-3-14(9-15)20-13-30-22(28)21(32-20)24-33-23(34-35-24)17-5-2-8-29-11-17/h1,3-4,6-7,9-10,13,17,29H,2,5,8,11-12H2,(H2,28,30)(H,31,36)(H,33,34,35)/t17-/m0/s1. The number of aromatic nitrogens is 5. The summed E-state index contributed by atoms with van der Waals surface area (Å²) in [5.41, 5.74) is 9.03. The number of nitrogens with one attached hydrogen (secondary N) is 3. The highest BCUT2D eigenvalue weighted by Gasteiger charge is 2.21.